The largest absolute Gasteiger partial charge is 0.339 e. The number of nitrogens with zero attached hydrogens (tertiary/aromatic N) is 2. The van der Waals surface area contributed by atoms with E-state index < -0.39 is 0 Å². The molecular formula is C19H15N3O2S. The Morgan fingerprint density at radius 2 is 1.96 bits per heavy atom. The van der Waals surface area contributed by atoms with E-state index in [2.05, 4.69) is 15.5 Å². The van der Waals surface area contributed by atoms with E-state index in [9.17, 15) is 4.79 Å². The van der Waals surface area contributed by atoms with Crippen molar-refractivity contribution in [2.45, 2.75) is 12.8 Å². The lowest BCUT2D eigenvalue weighted by Crippen LogP contribution is -2.12. The molecule has 0 aliphatic heterocycles. The van der Waals surface area contributed by atoms with Crippen molar-refractivity contribution < 1.29 is 9.32 Å². The quantitative estimate of drug-likeness (QED) is 0.575. The number of rotatable bonds is 5. The molecule has 0 saturated heterocycles. The molecule has 2 aromatic carbocycles. The van der Waals surface area contributed by atoms with Crippen LogP contribution in [0.1, 0.15) is 12.3 Å². The summed E-state index contributed by atoms with van der Waals surface area (Å²) in [6.45, 7) is 0. The lowest BCUT2D eigenvalue weighted by atomic mass is 10.1. The van der Waals surface area contributed by atoms with Gasteiger partial charge in [0.15, 0.2) is 0 Å². The number of fused-ring (bicyclic) bond motifs is 1. The zero-order valence-electron chi connectivity index (χ0n) is 13.3. The topological polar surface area (TPSA) is 68.0 Å². The summed E-state index contributed by atoms with van der Waals surface area (Å²) < 4.78 is 5.22. The van der Waals surface area contributed by atoms with Gasteiger partial charge in [-0.2, -0.15) is 4.98 Å². The summed E-state index contributed by atoms with van der Waals surface area (Å²) >= 11 is 1.55. The Hall–Kier alpha value is -2.99. The number of thiophene rings is 1. The number of amides is 1. The van der Waals surface area contributed by atoms with Crippen LogP contribution in [0.5, 0.6) is 0 Å². The molecule has 4 aromatic rings. The highest BCUT2D eigenvalue weighted by molar-refractivity contribution is 7.13. The van der Waals surface area contributed by atoms with Gasteiger partial charge in [0.1, 0.15) is 0 Å². The first-order valence-corrected chi connectivity index (χ1v) is 8.81. The highest BCUT2D eigenvalue weighted by Gasteiger charge is 2.12. The van der Waals surface area contributed by atoms with Gasteiger partial charge in [-0.3, -0.25) is 4.79 Å². The minimum absolute atomic E-state index is 0.0766. The first kappa shape index (κ1) is 15.5. The molecule has 25 heavy (non-hydrogen) atoms. The second-order valence-electron chi connectivity index (χ2n) is 5.56. The van der Waals surface area contributed by atoms with Crippen LogP contribution in [0.25, 0.3) is 21.5 Å². The maximum atomic E-state index is 12.3. The van der Waals surface area contributed by atoms with Gasteiger partial charge in [0.25, 0.3) is 0 Å². The summed E-state index contributed by atoms with van der Waals surface area (Å²) in [6, 6.07) is 17.7. The lowest BCUT2D eigenvalue weighted by Gasteiger charge is -2.08. The molecule has 124 valence electrons. The Bertz CT molecular complexity index is 1000. The molecule has 1 amide bonds. The molecule has 6 heteroatoms. The number of carbonyl (C=O) groups excluding carboxylic acids is 1. The van der Waals surface area contributed by atoms with Gasteiger partial charge in [-0.25, -0.2) is 0 Å². The number of nitrogens with one attached hydrogen (secondary N) is 1. The van der Waals surface area contributed by atoms with E-state index >= 15 is 0 Å². The highest BCUT2D eigenvalue weighted by Crippen LogP contribution is 2.24. The van der Waals surface area contributed by atoms with Gasteiger partial charge >= 0.3 is 0 Å². The van der Waals surface area contributed by atoms with Crippen LogP contribution in [0.4, 0.5) is 5.69 Å². The zero-order chi connectivity index (χ0) is 17.1. The average molecular weight is 349 g/mol. The first-order chi connectivity index (χ1) is 12.3. The highest BCUT2D eigenvalue weighted by atomic mass is 32.1. The van der Waals surface area contributed by atoms with Crippen LogP contribution in [0, 0.1) is 0 Å². The van der Waals surface area contributed by atoms with Crippen LogP contribution in [0.3, 0.4) is 0 Å². The Kier molecular flexibility index (Phi) is 4.26. The van der Waals surface area contributed by atoms with E-state index in [4.69, 9.17) is 4.52 Å². The van der Waals surface area contributed by atoms with Crippen LogP contribution in [0.2, 0.25) is 0 Å². The minimum Gasteiger partial charge on any atom is -0.339 e. The number of carbonyl (C=O) groups is 1. The molecule has 0 bridgehead atoms. The summed E-state index contributed by atoms with van der Waals surface area (Å²) in [5.41, 5.74) is 0.813. The van der Waals surface area contributed by atoms with Crippen molar-refractivity contribution in [3.8, 4) is 10.7 Å². The second kappa shape index (κ2) is 6.86. The Morgan fingerprint density at radius 1 is 1.08 bits per heavy atom. The van der Waals surface area contributed by atoms with Gasteiger partial charge in [0.05, 0.1) is 4.88 Å². The molecule has 5 nitrogen and oxygen atoms in total. The molecule has 0 aliphatic rings. The molecule has 1 N–H and O–H groups in total. The fourth-order valence-corrected chi connectivity index (χ4v) is 3.28. The van der Waals surface area contributed by atoms with Crippen molar-refractivity contribution >= 4 is 33.7 Å². The Labute approximate surface area is 148 Å². The minimum atomic E-state index is -0.0766. The Balaban J connectivity index is 1.41. The number of hydrogen-bond donors (Lipinski definition) is 1. The van der Waals surface area contributed by atoms with Crippen LogP contribution in [-0.2, 0) is 11.2 Å². The van der Waals surface area contributed by atoms with Gasteiger partial charge in [-0.1, -0.05) is 47.6 Å². The first-order valence-electron chi connectivity index (χ1n) is 7.94. The van der Waals surface area contributed by atoms with Crippen molar-refractivity contribution in [2.24, 2.45) is 0 Å². The van der Waals surface area contributed by atoms with Crippen LogP contribution < -0.4 is 5.32 Å². The molecule has 0 saturated carbocycles. The third-order valence-electron chi connectivity index (χ3n) is 3.84. The molecule has 2 aromatic heterocycles. The maximum absolute atomic E-state index is 12.3. The molecule has 0 atom stereocenters. The molecular weight excluding hydrogens is 334 g/mol. The molecule has 4 rings (SSSR count). The summed E-state index contributed by atoms with van der Waals surface area (Å²) in [5, 5.41) is 11.0. The van der Waals surface area contributed by atoms with Crippen LogP contribution >= 0.6 is 11.3 Å². The normalized spacial score (nSPS) is 10.9. The number of aryl methyl sites for hydroxylation is 1. The summed E-state index contributed by atoms with van der Waals surface area (Å²) in [7, 11) is 0. The number of anilines is 1. The van der Waals surface area contributed by atoms with E-state index in [0.29, 0.717) is 18.1 Å². The van der Waals surface area contributed by atoms with Crippen molar-refractivity contribution in [1.82, 2.24) is 10.1 Å². The summed E-state index contributed by atoms with van der Waals surface area (Å²) in [6.07, 6.45) is 0.699. The van der Waals surface area contributed by atoms with Crippen molar-refractivity contribution in [3.63, 3.8) is 0 Å². The smallest absolute Gasteiger partial charge is 0.227 e. The van der Waals surface area contributed by atoms with E-state index in [1.807, 2.05) is 60.0 Å². The summed E-state index contributed by atoms with van der Waals surface area (Å²) in [4.78, 5) is 17.6. The standard InChI is InChI=1S/C19H15N3O2S/c23-17(20-15-8-3-6-13-5-1-2-7-14(13)15)10-11-18-21-19(22-24-18)16-9-4-12-25-16/h1-9,12H,10-11H2,(H,20,23). The predicted octanol–water partition coefficient (Wildman–Crippen LogP) is 4.52. The predicted molar refractivity (Wildman–Crippen MR) is 98.5 cm³/mol. The average Bonchev–Trinajstić information content (AvgIpc) is 3.32. The number of hydrogen-bond acceptors (Lipinski definition) is 5. The van der Waals surface area contributed by atoms with Crippen molar-refractivity contribution in [3.05, 3.63) is 65.9 Å². The van der Waals surface area contributed by atoms with Crippen molar-refractivity contribution in [2.75, 3.05) is 5.32 Å². The van der Waals surface area contributed by atoms with E-state index in [1.54, 1.807) is 11.3 Å². The molecule has 2 heterocycles. The van der Waals surface area contributed by atoms with Gasteiger partial charge in [0.2, 0.25) is 17.6 Å². The number of benzene rings is 2. The van der Waals surface area contributed by atoms with Gasteiger partial charge in [-0.05, 0) is 22.9 Å². The molecule has 0 fully saturated rings. The Morgan fingerprint density at radius 3 is 2.84 bits per heavy atom. The van der Waals surface area contributed by atoms with Crippen LogP contribution in [0.15, 0.2) is 64.5 Å². The monoisotopic (exact) mass is 349 g/mol. The fraction of sp³-hybridized carbons (Fsp3) is 0.105. The fourth-order valence-electron chi connectivity index (χ4n) is 2.63. The SMILES string of the molecule is O=C(CCc1nc(-c2cccs2)no1)Nc1cccc2ccccc12. The summed E-state index contributed by atoms with van der Waals surface area (Å²) in [5.74, 6) is 0.961. The van der Waals surface area contributed by atoms with Crippen molar-refractivity contribution in [1.29, 1.82) is 0 Å². The van der Waals surface area contributed by atoms with Gasteiger partial charge in [-0.15, -0.1) is 11.3 Å². The molecule has 0 spiro atoms. The van der Waals surface area contributed by atoms with E-state index in [0.717, 1.165) is 21.3 Å². The maximum Gasteiger partial charge on any atom is 0.227 e. The van der Waals surface area contributed by atoms with Gasteiger partial charge < -0.3 is 9.84 Å². The lowest BCUT2D eigenvalue weighted by molar-refractivity contribution is -0.116. The van der Waals surface area contributed by atoms with Crippen LogP contribution in [-0.4, -0.2) is 16.0 Å². The number of aromatic nitrogens is 2. The van der Waals surface area contributed by atoms with E-state index in [1.165, 1.54) is 0 Å². The molecule has 0 radical (unpaired) electrons. The molecule has 0 unspecified atom stereocenters. The van der Waals surface area contributed by atoms with Gasteiger partial charge in [0, 0.05) is 23.9 Å². The van der Waals surface area contributed by atoms with E-state index in [-0.39, 0.29) is 12.3 Å². The second-order valence-corrected chi connectivity index (χ2v) is 6.51. The third-order valence-corrected chi connectivity index (χ3v) is 4.71. The molecule has 0 aliphatic carbocycles. The zero-order valence-corrected chi connectivity index (χ0v) is 14.1. The third kappa shape index (κ3) is 3.44.